The van der Waals surface area contributed by atoms with Gasteiger partial charge < -0.3 is 19.8 Å². The molecule has 0 radical (unpaired) electrons. The molecule has 32 heavy (non-hydrogen) atoms. The van der Waals surface area contributed by atoms with Gasteiger partial charge in [-0.1, -0.05) is 0 Å². The summed E-state index contributed by atoms with van der Waals surface area (Å²) in [5.41, 5.74) is 1.78. The zero-order valence-corrected chi connectivity index (χ0v) is 18.0. The van der Waals surface area contributed by atoms with Gasteiger partial charge in [0.25, 0.3) is 0 Å². The first-order valence-corrected chi connectivity index (χ1v) is 10.8. The van der Waals surface area contributed by atoms with Crippen molar-refractivity contribution >= 4 is 5.69 Å². The Morgan fingerprint density at radius 2 is 1.94 bits per heavy atom. The van der Waals surface area contributed by atoms with Gasteiger partial charge in [0.2, 0.25) is 0 Å². The van der Waals surface area contributed by atoms with Crippen molar-refractivity contribution in [1.82, 2.24) is 9.88 Å². The topological polar surface area (TPSA) is 69.1 Å². The number of hydrogen-bond donors (Lipinski definition) is 2. The molecule has 2 aliphatic rings. The van der Waals surface area contributed by atoms with Gasteiger partial charge in [-0.3, -0.25) is 9.88 Å². The molecule has 1 aromatic heterocycles. The molecule has 1 saturated heterocycles. The lowest BCUT2D eigenvalue weighted by Crippen LogP contribution is -2.47. The summed E-state index contributed by atoms with van der Waals surface area (Å²) in [6.07, 6.45) is -3.47. The van der Waals surface area contributed by atoms with Crippen LogP contribution in [0, 0.1) is 5.92 Å². The third kappa shape index (κ3) is 4.55. The SMILES string of the molecule is COc1cc2c(cc1N1CCN(CCO)CC1)CC(Cc1ncccc1C(F)(F)F)C2O. The normalized spacial score (nSPS) is 21.6. The predicted octanol–water partition coefficient (Wildman–Crippen LogP) is 2.67. The summed E-state index contributed by atoms with van der Waals surface area (Å²) in [4.78, 5) is 8.38. The molecule has 2 N–H and O–H groups in total. The van der Waals surface area contributed by atoms with Crippen LogP contribution in [0.25, 0.3) is 0 Å². The fraction of sp³-hybridized carbons (Fsp3) is 0.522. The van der Waals surface area contributed by atoms with E-state index < -0.39 is 17.8 Å². The van der Waals surface area contributed by atoms with E-state index >= 15 is 0 Å². The van der Waals surface area contributed by atoms with E-state index in [1.165, 1.54) is 12.3 Å². The van der Waals surface area contributed by atoms with E-state index in [9.17, 15) is 18.3 Å². The number of pyridine rings is 1. The van der Waals surface area contributed by atoms with Crippen LogP contribution < -0.4 is 9.64 Å². The van der Waals surface area contributed by atoms with Gasteiger partial charge in [0.1, 0.15) is 5.75 Å². The van der Waals surface area contributed by atoms with Crippen molar-refractivity contribution in [1.29, 1.82) is 0 Å². The number of halogens is 3. The minimum atomic E-state index is -4.48. The molecule has 174 valence electrons. The number of piperazine rings is 1. The zero-order chi connectivity index (χ0) is 22.9. The van der Waals surface area contributed by atoms with Gasteiger partial charge in [0.15, 0.2) is 0 Å². The van der Waals surface area contributed by atoms with Crippen LogP contribution in [0.3, 0.4) is 0 Å². The van der Waals surface area contributed by atoms with Crippen LogP contribution in [0.15, 0.2) is 30.5 Å². The Morgan fingerprint density at radius 3 is 2.59 bits per heavy atom. The van der Waals surface area contributed by atoms with E-state index in [0.29, 0.717) is 24.3 Å². The quantitative estimate of drug-likeness (QED) is 0.704. The van der Waals surface area contributed by atoms with Crippen LogP contribution in [0.5, 0.6) is 5.75 Å². The molecule has 1 aliphatic carbocycles. The maximum Gasteiger partial charge on any atom is 0.418 e. The third-order valence-corrected chi connectivity index (χ3v) is 6.47. The van der Waals surface area contributed by atoms with Crippen LogP contribution in [0.4, 0.5) is 18.9 Å². The molecule has 2 heterocycles. The number of fused-ring (bicyclic) bond motifs is 1. The summed E-state index contributed by atoms with van der Waals surface area (Å²) in [6.45, 7) is 4.00. The van der Waals surface area contributed by atoms with E-state index in [-0.39, 0.29) is 24.6 Å². The van der Waals surface area contributed by atoms with Crippen LogP contribution in [0.1, 0.15) is 28.5 Å². The lowest BCUT2D eigenvalue weighted by atomic mass is 9.95. The van der Waals surface area contributed by atoms with E-state index in [0.717, 1.165) is 43.5 Å². The van der Waals surface area contributed by atoms with Gasteiger partial charge in [0.05, 0.1) is 36.8 Å². The highest BCUT2D eigenvalue weighted by Gasteiger charge is 2.38. The highest BCUT2D eigenvalue weighted by molar-refractivity contribution is 5.63. The van der Waals surface area contributed by atoms with Gasteiger partial charge in [-0.2, -0.15) is 13.2 Å². The second-order valence-corrected chi connectivity index (χ2v) is 8.38. The minimum Gasteiger partial charge on any atom is -0.495 e. The Kier molecular flexibility index (Phi) is 6.60. The van der Waals surface area contributed by atoms with Gasteiger partial charge in [0, 0.05) is 38.9 Å². The largest absolute Gasteiger partial charge is 0.495 e. The van der Waals surface area contributed by atoms with Gasteiger partial charge in [-0.25, -0.2) is 0 Å². The number of ether oxygens (including phenoxy) is 1. The number of alkyl halides is 3. The Hall–Kier alpha value is -2.36. The first-order chi connectivity index (χ1) is 15.3. The second kappa shape index (κ2) is 9.25. The van der Waals surface area contributed by atoms with Crippen LogP contribution in [-0.2, 0) is 19.0 Å². The molecule has 6 nitrogen and oxygen atoms in total. The number of rotatable bonds is 6. The molecule has 4 rings (SSSR count). The highest BCUT2D eigenvalue weighted by Crippen LogP contribution is 2.44. The molecule has 1 fully saturated rings. The van der Waals surface area contributed by atoms with Crippen molar-refractivity contribution in [2.45, 2.75) is 25.1 Å². The highest BCUT2D eigenvalue weighted by atomic mass is 19.4. The molecule has 2 atom stereocenters. The maximum atomic E-state index is 13.4. The number of hydrogen-bond acceptors (Lipinski definition) is 6. The zero-order valence-electron chi connectivity index (χ0n) is 18.0. The van der Waals surface area contributed by atoms with Crippen molar-refractivity contribution < 1.29 is 28.1 Å². The summed E-state index contributed by atoms with van der Waals surface area (Å²) >= 11 is 0. The predicted molar refractivity (Wildman–Crippen MR) is 114 cm³/mol. The lowest BCUT2D eigenvalue weighted by molar-refractivity contribution is -0.138. The second-order valence-electron chi connectivity index (χ2n) is 8.38. The Balaban J connectivity index is 1.55. The van der Waals surface area contributed by atoms with Crippen LogP contribution in [-0.4, -0.2) is 66.5 Å². The molecule has 2 unspecified atom stereocenters. The average Bonchev–Trinajstić information content (AvgIpc) is 3.07. The molecule has 9 heteroatoms. The Morgan fingerprint density at radius 1 is 1.19 bits per heavy atom. The lowest BCUT2D eigenvalue weighted by Gasteiger charge is -2.36. The molecule has 0 saturated carbocycles. The molecule has 0 amide bonds. The molecular weight excluding hydrogens is 423 g/mol. The first-order valence-electron chi connectivity index (χ1n) is 10.8. The van der Waals surface area contributed by atoms with Crippen molar-refractivity contribution in [2.24, 2.45) is 5.92 Å². The van der Waals surface area contributed by atoms with Crippen molar-refractivity contribution in [3.63, 3.8) is 0 Å². The number of aliphatic hydroxyl groups is 2. The smallest absolute Gasteiger partial charge is 0.418 e. The summed E-state index contributed by atoms with van der Waals surface area (Å²) in [7, 11) is 1.58. The van der Waals surface area contributed by atoms with Crippen molar-refractivity contribution in [3.05, 3.63) is 52.8 Å². The molecular formula is C23H28F3N3O3. The van der Waals surface area contributed by atoms with E-state index in [1.807, 2.05) is 12.1 Å². The fourth-order valence-electron chi connectivity index (χ4n) is 4.78. The Bertz CT molecular complexity index is 946. The number of aliphatic hydroxyl groups excluding tert-OH is 2. The number of nitrogens with zero attached hydrogens (tertiary/aromatic N) is 3. The molecule has 1 aliphatic heterocycles. The van der Waals surface area contributed by atoms with E-state index in [4.69, 9.17) is 9.84 Å². The number of aromatic nitrogens is 1. The number of benzene rings is 1. The van der Waals surface area contributed by atoms with Gasteiger partial charge >= 0.3 is 6.18 Å². The van der Waals surface area contributed by atoms with Crippen molar-refractivity contribution in [3.8, 4) is 5.75 Å². The molecule has 1 aromatic carbocycles. The molecule has 2 aromatic rings. The molecule has 0 bridgehead atoms. The third-order valence-electron chi connectivity index (χ3n) is 6.47. The fourth-order valence-corrected chi connectivity index (χ4v) is 4.78. The molecule has 0 spiro atoms. The summed E-state index contributed by atoms with van der Waals surface area (Å²) in [5.74, 6) is 0.259. The number of anilines is 1. The Labute approximate surface area is 185 Å². The van der Waals surface area contributed by atoms with Crippen LogP contribution >= 0.6 is 0 Å². The maximum absolute atomic E-state index is 13.4. The minimum absolute atomic E-state index is 0.0379. The summed E-state index contributed by atoms with van der Waals surface area (Å²) < 4.78 is 45.7. The number of β-amino-alcohol motifs (C(OH)–C–C–N with tert-alkyl or cyclic N) is 1. The van der Waals surface area contributed by atoms with E-state index in [1.54, 1.807) is 7.11 Å². The van der Waals surface area contributed by atoms with Gasteiger partial charge in [-0.15, -0.1) is 0 Å². The monoisotopic (exact) mass is 451 g/mol. The first kappa shape index (κ1) is 22.8. The van der Waals surface area contributed by atoms with Crippen molar-refractivity contribution in [2.75, 3.05) is 51.3 Å². The van der Waals surface area contributed by atoms with Gasteiger partial charge in [-0.05, 0) is 54.2 Å². The summed E-state index contributed by atoms with van der Waals surface area (Å²) in [6, 6.07) is 6.14. The number of methoxy groups -OCH3 is 1. The average molecular weight is 451 g/mol. The summed E-state index contributed by atoms with van der Waals surface area (Å²) in [5, 5.41) is 20.0. The van der Waals surface area contributed by atoms with Crippen LogP contribution in [0.2, 0.25) is 0 Å². The standard InChI is InChI=1S/C23H28F3N3O3/c1-32-21-14-17-15(13-20(21)29-7-5-28(6-8-29)9-10-30)11-16(22(17)31)12-19-18(23(24,25)26)3-2-4-27-19/h2-4,13-14,16,22,30-31H,5-12H2,1H3. The van der Waals surface area contributed by atoms with E-state index in [2.05, 4.69) is 14.8 Å².